The van der Waals surface area contributed by atoms with E-state index in [4.69, 9.17) is 0 Å². The van der Waals surface area contributed by atoms with Gasteiger partial charge in [0.15, 0.2) is 6.17 Å². The molecule has 38 heavy (non-hydrogen) atoms. The molecule has 0 heterocycles. The van der Waals surface area contributed by atoms with E-state index in [-0.39, 0.29) is 5.92 Å². The summed E-state index contributed by atoms with van der Waals surface area (Å²) in [6.45, 7) is 3.31. The highest BCUT2D eigenvalue weighted by Gasteiger charge is 2.58. The van der Waals surface area contributed by atoms with Crippen LogP contribution in [0.3, 0.4) is 0 Å². The van der Waals surface area contributed by atoms with Crippen LogP contribution in [0, 0.1) is 41.4 Å². The van der Waals surface area contributed by atoms with Gasteiger partial charge in [0.1, 0.15) is 36.8 Å². The summed E-state index contributed by atoms with van der Waals surface area (Å²) < 4.78 is 122. The predicted molar refractivity (Wildman–Crippen MR) is 130 cm³/mol. The van der Waals surface area contributed by atoms with Crippen LogP contribution in [0.25, 0.3) is 0 Å². The minimum absolute atomic E-state index is 0.264. The summed E-state index contributed by atoms with van der Waals surface area (Å²) in [6.07, 6.45) is -11.9. The Bertz CT molecular complexity index is 734. The van der Waals surface area contributed by atoms with Gasteiger partial charge < -0.3 is 4.74 Å². The van der Waals surface area contributed by atoms with Crippen molar-refractivity contribution in [1.29, 1.82) is 0 Å². The highest BCUT2D eigenvalue weighted by Crippen LogP contribution is 2.51. The Hall–Kier alpha value is -0.600. The molecular formula is C29H44F8O. The molecule has 0 aromatic heterocycles. The first-order valence-corrected chi connectivity index (χ1v) is 14.8. The van der Waals surface area contributed by atoms with Crippen molar-refractivity contribution in [3.05, 3.63) is 0 Å². The first-order valence-electron chi connectivity index (χ1n) is 14.8. The van der Waals surface area contributed by atoms with Gasteiger partial charge in [0, 0.05) is 12.3 Å². The van der Waals surface area contributed by atoms with Gasteiger partial charge in [-0.1, -0.05) is 39.5 Å². The zero-order chi connectivity index (χ0) is 27.8. The van der Waals surface area contributed by atoms with Crippen molar-refractivity contribution in [2.24, 2.45) is 41.4 Å². The molecule has 0 saturated heterocycles. The van der Waals surface area contributed by atoms with Gasteiger partial charge in [0.05, 0.1) is 6.10 Å². The summed E-state index contributed by atoms with van der Waals surface area (Å²) >= 11 is 0. The largest absolute Gasteiger partial charge is 0.364 e. The standard InChI is InChI=1S/C29H44F8O/c1-3-4-16-5-7-17(8-6-16)18-9-10-20(21(30)11-18)19-12-22(31)26(23(32)13-19)29(36,37)38-25-14-24(33)28(35)27(34)15(25)2/h15-28H,3-14H2,1-2H3. The minimum atomic E-state index is -4.32. The van der Waals surface area contributed by atoms with Gasteiger partial charge in [-0.3, -0.25) is 0 Å². The van der Waals surface area contributed by atoms with E-state index in [1.807, 2.05) is 0 Å². The van der Waals surface area contributed by atoms with Gasteiger partial charge in [-0.25, -0.2) is 26.3 Å². The first kappa shape index (κ1) is 30.4. The fraction of sp³-hybridized carbons (Fsp3) is 1.00. The molecule has 0 bridgehead atoms. The molecule has 10 atom stereocenters. The van der Waals surface area contributed by atoms with Crippen LogP contribution in [-0.4, -0.2) is 49.2 Å². The predicted octanol–water partition coefficient (Wildman–Crippen LogP) is 9.08. The molecule has 4 fully saturated rings. The van der Waals surface area contributed by atoms with Gasteiger partial charge in [-0.2, -0.15) is 8.78 Å². The van der Waals surface area contributed by atoms with E-state index in [2.05, 4.69) is 11.7 Å². The molecule has 0 radical (unpaired) electrons. The lowest BCUT2D eigenvalue weighted by Crippen LogP contribution is -2.54. The maximum atomic E-state index is 15.4. The second-order valence-corrected chi connectivity index (χ2v) is 12.8. The van der Waals surface area contributed by atoms with E-state index < -0.39 is 92.2 Å². The van der Waals surface area contributed by atoms with Gasteiger partial charge in [-0.15, -0.1) is 0 Å². The van der Waals surface area contributed by atoms with E-state index in [0.29, 0.717) is 18.8 Å². The SMILES string of the molecule is CCCC1CCC(C2CCC(C3CC(F)C(C(F)(F)OC4CC(F)C(F)C(F)C4C)C(F)C3)C(F)C2)CC1. The number of alkyl halides is 8. The Morgan fingerprint density at radius 2 is 1.24 bits per heavy atom. The molecular weight excluding hydrogens is 516 g/mol. The molecule has 0 aromatic carbocycles. The second-order valence-electron chi connectivity index (χ2n) is 12.8. The molecule has 0 N–H and O–H groups in total. The normalized spacial score (nSPS) is 49.1. The summed E-state index contributed by atoms with van der Waals surface area (Å²) in [6, 6.07) is 0. The average Bonchev–Trinajstić information content (AvgIpc) is 2.86. The van der Waals surface area contributed by atoms with Crippen LogP contribution in [0.1, 0.15) is 90.9 Å². The van der Waals surface area contributed by atoms with Crippen LogP contribution in [0.2, 0.25) is 0 Å². The Morgan fingerprint density at radius 1 is 0.658 bits per heavy atom. The first-order chi connectivity index (χ1) is 17.9. The zero-order valence-electron chi connectivity index (χ0n) is 22.5. The van der Waals surface area contributed by atoms with Crippen LogP contribution < -0.4 is 0 Å². The average molecular weight is 561 g/mol. The van der Waals surface area contributed by atoms with Gasteiger partial charge in [0.25, 0.3) is 0 Å². The zero-order valence-corrected chi connectivity index (χ0v) is 22.5. The van der Waals surface area contributed by atoms with Gasteiger partial charge in [-0.05, 0) is 74.5 Å². The summed E-state index contributed by atoms with van der Waals surface area (Å²) in [5.41, 5.74) is 0. The molecule has 0 amide bonds. The van der Waals surface area contributed by atoms with Crippen molar-refractivity contribution in [3.63, 3.8) is 0 Å². The van der Waals surface area contributed by atoms with Crippen molar-refractivity contribution in [1.82, 2.24) is 0 Å². The van der Waals surface area contributed by atoms with Crippen LogP contribution in [0.15, 0.2) is 0 Å². The van der Waals surface area contributed by atoms with Crippen LogP contribution in [-0.2, 0) is 4.74 Å². The third-order valence-corrected chi connectivity index (χ3v) is 10.5. The third-order valence-electron chi connectivity index (χ3n) is 10.5. The van der Waals surface area contributed by atoms with Crippen LogP contribution in [0.4, 0.5) is 35.1 Å². The van der Waals surface area contributed by atoms with Crippen LogP contribution in [0.5, 0.6) is 0 Å². The Morgan fingerprint density at radius 3 is 1.82 bits per heavy atom. The highest BCUT2D eigenvalue weighted by atomic mass is 19.3. The molecule has 1 nitrogen and oxygen atoms in total. The number of ether oxygens (including phenoxy) is 1. The smallest absolute Gasteiger partial charge is 0.316 e. The van der Waals surface area contributed by atoms with Gasteiger partial charge in [0.2, 0.25) is 0 Å². The fourth-order valence-electron chi connectivity index (χ4n) is 8.15. The van der Waals surface area contributed by atoms with Crippen molar-refractivity contribution in [2.45, 2.75) is 140 Å². The molecule has 9 heteroatoms. The minimum Gasteiger partial charge on any atom is -0.316 e. The van der Waals surface area contributed by atoms with Crippen LogP contribution >= 0.6 is 0 Å². The Labute approximate surface area is 221 Å². The lowest BCUT2D eigenvalue weighted by Gasteiger charge is -2.46. The third kappa shape index (κ3) is 6.48. The van der Waals surface area contributed by atoms with Crippen molar-refractivity contribution in [3.8, 4) is 0 Å². The van der Waals surface area contributed by atoms with E-state index in [9.17, 15) is 22.0 Å². The summed E-state index contributed by atoms with van der Waals surface area (Å²) in [5.74, 6) is -3.58. The monoisotopic (exact) mass is 560 g/mol. The topological polar surface area (TPSA) is 9.23 Å². The lowest BCUT2D eigenvalue weighted by molar-refractivity contribution is -0.330. The highest BCUT2D eigenvalue weighted by molar-refractivity contribution is 4.98. The molecule has 10 unspecified atom stereocenters. The van der Waals surface area contributed by atoms with E-state index >= 15 is 13.2 Å². The number of halogens is 8. The van der Waals surface area contributed by atoms with E-state index in [0.717, 1.165) is 32.1 Å². The molecule has 4 saturated carbocycles. The van der Waals surface area contributed by atoms with E-state index in [1.54, 1.807) is 0 Å². The molecule has 0 aliphatic heterocycles. The number of hydrogen-bond donors (Lipinski definition) is 0. The lowest BCUT2D eigenvalue weighted by atomic mass is 9.63. The fourth-order valence-corrected chi connectivity index (χ4v) is 8.15. The summed E-state index contributed by atoms with van der Waals surface area (Å²) in [4.78, 5) is 0. The van der Waals surface area contributed by atoms with Gasteiger partial charge >= 0.3 is 6.11 Å². The summed E-state index contributed by atoms with van der Waals surface area (Å²) in [5, 5.41) is 0. The molecule has 4 aliphatic carbocycles. The summed E-state index contributed by atoms with van der Waals surface area (Å²) in [7, 11) is 0. The Kier molecular flexibility index (Phi) is 9.99. The molecule has 0 spiro atoms. The van der Waals surface area contributed by atoms with E-state index in [1.165, 1.54) is 25.7 Å². The molecule has 4 aliphatic rings. The maximum absolute atomic E-state index is 15.4. The van der Waals surface area contributed by atoms with Crippen molar-refractivity contribution >= 4 is 0 Å². The Balaban J connectivity index is 1.32. The quantitative estimate of drug-likeness (QED) is 0.282. The van der Waals surface area contributed by atoms with Crippen molar-refractivity contribution in [2.75, 3.05) is 0 Å². The second kappa shape index (κ2) is 12.5. The number of rotatable bonds is 7. The molecule has 222 valence electrons. The molecule has 4 rings (SSSR count). The number of hydrogen-bond acceptors (Lipinski definition) is 1. The maximum Gasteiger partial charge on any atom is 0.364 e. The van der Waals surface area contributed by atoms with Crippen molar-refractivity contribution < 1.29 is 39.9 Å². The molecule has 0 aromatic rings.